The third kappa shape index (κ3) is 2.14. The van der Waals surface area contributed by atoms with E-state index >= 15 is 0 Å². The van der Waals surface area contributed by atoms with Crippen molar-refractivity contribution in [2.45, 2.75) is 19.8 Å². The van der Waals surface area contributed by atoms with Crippen LogP contribution in [-0.2, 0) is 6.42 Å². The van der Waals surface area contributed by atoms with Crippen LogP contribution in [0.1, 0.15) is 28.7 Å². The molecule has 0 amide bonds. The molecule has 0 fully saturated rings. The zero-order valence-corrected chi connectivity index (χ0v) is 10.0. The standard InChI is InChI=1S/C10H12N4O2S/c1-2-3-6-7(10(15)16)17-9(13-6)5-4-12-14-8(5)11/h4H,2-3H2,1H3,(H,15,16)(H3,11,12,14). The van der Waals surface area contributed by atoms with Crippen LogP contribution in [-0.4, -0.2) is 26.3 Å². The number of rotatable bonds is 4. The maximum atomic E-state index is 11.1. The molecule has 0 bridgehead atoms. The van der Waals surface area contributed by atoms with Gasteiger partial charge in [-0.05, 0) is 6.42 Å². The number of aromatic nitrogens is 3. The van der Waals surface area contributed by atoms with Crippen LogP contribution in [0.15, 0.2) is 6.20 Å². The lowest BCUT2D eigenvalue weighted by Crippen LogP contribution is -1.98. The van der Waals surface area contributed by atoms with Crippen LogP contribution in [0.3, 0.4) is 0 Å². The SMILES string of the molecule is CCCc1nc(-c2cn[nH]c2N)sc1C(=O)O. The molecule has 17 heavy (non-hydrogen) atoms. The van der Waals surface area contributed by atoms with Gasteiger partial charge in [0.05, 0.1) is 17.5 Å². The number of aryl methyl sites for hydroxylation is 1. The van der Waals surface area contributed by atoms with Crippen molar-refractivity contribution in [3.63, 3.8) is 0 Å². The van der Waals surface area contributed by atoms with E-state index in [4.69, 9.17) is 10.8 Å². The van der Waals surface area contributed by atoms with E-state index in [0.29, 0.717) is 28.5 Å². The predicted octanol–water partition coefficient (Wildman–Crippen LogP) is 1.77. The van der Waals surface area contributed by atoms with E-state index in [1.807, 2.05) is 6.92 Å². The molecule has 6 nitrogen and oxygen atoms in total. The minimum Gasteiger partial charge on any atom is -0.477 e. The van der Waals surface area contributed by atoms with Crippen molar-refractivity contribution in [1.29, 1.82) is 0 Å². The van der Waals surface area contributed by atoms with Gasteiger partial charge in [-0.3, -0.25) is 5.10 Å². The Balaban J connectivity index is 2.47. The maximum Gasteiger partial charge on any atom is 0.347 e. The Morgan fingerprint density at radius 3 is 2.94 bits per heavy atom. The number of nitrogens with two attached hydrogens (primary N) is 1. The molecule has 90 valence electrons. The van der Waals surface area contributed by atoms with Crippen molar-refractivity contribution in [3.8, 4) is 10.6 Å². The smallest absolute Gasteiger partial charge is 0.347 e. The third-order valence-corrected chi connectivity index (χ3v) is 3.40. The maximum absolute atomic E-state index is 11.1. The quantitative estimate of drug-likeness (QED) is 0.769. The van der Waals surface area contributed by atoms with Crippen molar-refractivity contribution in [2.24, 2.45) is 0 Å². The van der Waals surface area contributed by atoms with Gasteiger partial charge in [0.25, 0.3) is 0 Å². The van der Waals surface area contributed by atoms with E-state index in [1.54, 1.807) is 6.20 Å². The summed E-state index contributed by atoms with van der Waals surface area (Å²) in [5.41, 5.74) is 6.95. The highest BCUT2D eigenvalue weighted by molar-refractivity contribution is 7.17. The Morgan fingerprint density at radius 2 is 2.41 bits per heavy atom. The Labute approximate surface area is 102 Å². The first kappa shape index (κ1) is 11.6. The summed E-state index contributed by atoms with van der Waals surface area (Å²) in [6.45, 7) is 1.98. The van der Waals surface area contributed by atoms with Gasteiger partial charge < -0.3 is 10.8 Å². The molecule has 7 heteroatoms. The van der Waals surface area contributed by atoms with E-state index in [9.17, 15) is 4.79 Å². The number of thiazole rings is 1. The van der Waals surface area contributed by atoms with Gasteiger partial charge in [0, 0.05) is 0 Å². The summed E-state index contributed by atoms with van der Waals surface area (Å²) < 4.78 is 0. The van der Waals surface area contributed by atoms with Gasteiger partial charge in [-0.1, -0.05) is 13.3 Å². The van der Waals surface area contributed by atoms with Gasteiger partial charge >= 0.3 is 5.97 Å². The highest BCUT2D eigenvalue weighted by atomic mass is 32.1. The normalized spacial score (nSPS) is 10.6. The molecule has 0 saturated carbocycles. The fraction of sp³-hybridized carbons (Fsp3) is 0.300. The Morgan fingerprint density at radius 1 is 1.65 bits per heavy atom. The number of aromatic carboxylic acids is 1. The monoisotopic (exact) mass is 252 g/mol. The summed E-state index contributed by atoms with van der Waals surface area (Å²) in [7, 11) is 0. The molecule has 2 heterocycles. The molecule has 2 rings (SSSR count). The molecule has 0 spiro atoms. The lowest BCUT2D eigenvalue weighted by Gasteiger charge is -1.93. The number of carboxylic acid groups (broad SMARTS) is 1. The van der Waals surface area contributed by atoms with Gasteiger partial charge in [0.2, 0.25) is 0 Å². The molecule has 4 N–H and O–H groups in total. The molecule has 0 saturated heterocycles. The van der Waals surface area contributed by atoms with Crippen LogP contribution in [0.4, 0.5) is 5.82 Å². The van der Waals surface area contributed by atoms with Gasteiger partial charge in [-0.25, -0.2) is 9.78 Å². The van der Waals surface area contributed by atoms with E-state index in [0.717, 1.165) is 17.8 Å². The number of H-pyrrole nitrogens is 1. The van der Waals surface area contributed by atoms with Crippen LogP contribution in [0.25, 0.3) is 10.6 Å². The second-order valence-electron chi connectivity index (χ2n) is 3.55. The van der Waals surface area contributed by atoms with Crippen LogP contribution in [0.5, 0.6) is 0 Å². The van der Waals surface area contributed by atoms with Crippen molar-refractivity contribution in [1.82, 2.24) is 15.2 Å². The minimum absolute atomic E-state index is 0.280. The number of nitrogens with zero attached hydrogens (tertiary/aromatic N) is 2. The number of carbonyl (C=O) groups is 1. The summed E-state index contributed by atoms with van der Waals surface area (Å²) in [5.74, 6) is -0.544. The topological polar surface area (TPSA) is 105 Å². The lowest BCUT2D eigenvalue weighted by atomic mass is 10.2. The van der Waals surface area contributed by atoms with Crippen LogP contribution in [0.2, 0.25) is 0 Å². The van der Waals surface area contributed by atoms with E-state index in [2.05, 4.69) is 15.2 Å². The van der Waals surface area contributed by atoms with Gasteiger partial charge in [0.15, 0.2) is 0 Å². The zero-order chi connectivity index (χ0) is 12.4. The lowest BCUT2D eigenvalue weighted by molar-refractivity contribution is 0.0700. The fourth-order valence-corrected chi connectivity index (χ4v) is 2.48. The predicted molar refractivity (Wildman–Crippen MR) is 65.1 cm³/mol. The van der Waals surface area contributed by atoms with Gasteiger partial charge in [-0.2, -0.15) is 5.10 Å². The van der Waals surface area contributed by atoms with Gasteiger partial charge in [0.1, 0.15) is 15.7 Å². The average molecular weight is 252 g/mol. The number of carboxylic acids is 1. The third-order valence-electron chi connectivity index (χ3n) is 2.28. The molecule has 0 unspecified atom stereocenters. The molecule has 0 radical (unpaired) electrons. The summed E-state index contributed by atoms with van der Waals surface area (Å²) in [4.78, 5) is 15.7. The van der Waals surface area contributed by atoms with Crippen molar-refractivity contribution in [2.75, 3.05) is 5.73 Å². The zero-order valence-electron chi connectivity index (χ0n) is 9.23. The molecular formula is C10H12N4O2S. The Hall–Kier alpha value is -1.89. The number of hydrogen-bond acceptors (Lipinski definition) is 5. The number of aromatic amines is 1. The number of nitrogen functional groups attached to an aromatic ring is 1. The molecule has 0 aliphatic heterocycles. The number of hydrogen-bond donors (Lipinski definition) is 3. The Bertz CT molecular complexity index is 546. The first-order valence-corrected chi connectivity index (χ1v) is 5.97. The molecule has 2 aromatic rings. The first-order chi connectivity index (χ1) is 8.13. The largest absolute Gasteiger partial charge is 0.477 e. The van der Waals surface area contributed by atoms with E-state index in [1.165, 1.54) is 0 Å². The summed E-state index contributed by atoms with van der Waals surface area (Å²) in [5, 5.41) is 16.1. The van der Waals surface area contributed by atoms with Crippen LogP contribution < -0.4 is 5.73 Å². The Kier molecular flexibility index (Phi) is 3.10. The first-order valence-electron chi connectivity index (χ1n) is 5.15. The molecule has 0 aromatic carbocycles. The average Bonchev–Trinajstić information content (AvgIpc) is 2.84. The highest BCUT2D eigenvalue weighted by Crippen LogP contribution is 2.31. The van der Waals surface area contributed by atoms with E-state index < -0.39 is 5.97 Å². The van der Waals surface area contributed by atoms with Crippen molar-refractivity contribution in [3.05, 3.63) is 16.8 Å². The summed E-state index contributed by atoms with van der Waals surface area (Å²) in [6, 6.07) is 0. The van der Waals surface area contributed by atoms with Crippen LogP contribution >= 0.6 is 11.3 Å². The van der Waals surface area contributed by atoms with Crippen molar-refractivity contribution >= 4 is 23.1 Å². The molecule has 0 aliphatic carbocycles. The van der Waals surface area contributed by atoms with Gasteiger partial charge in [-0.15, -0.1) is 11.3 Å². The van der Waals surface area contributed by atoms with Crippen molar-refractivity contribution < 1.29 is 9.90 Å². The number of nitrogens with one attached hydrogen (secondary N) is 1. The molecule has 2 aromatic heterocycles. The highest BCUT2D eigenvalue weighted by Gasteiger charge is 2.19. The molecule has 0 aliphatic rings. The fourth-order valence-electron chi connectivity index (χ4n) is 1.51. The number of anilines is 1. The molecule has 0 atom stereocenters. The summed E-state index contributed by atoms with van der Waals surface area (Å²) in [6.07, 6.45) is 3.05. The molecular weight excluding hydrogens is 240 g/mol. The van der Waals surface area contributed by atoms with Crippen LogP contribution in [0, 0.1) is 0 Å². The second kappa shape index (κ2) is 4.54. The summed E-state index contributed by atoms with van der Waals surface area (Å²) >= 11 is 1.13. The van der Waals surface area contributed by atoms with E-state index in [-0.39, 0.29) is 4.88 Å². The second-order valence-corrected chi connectivity index (χ2v) is 4.55. The minimum atomic E-state index is -0.945.